The Labute approximate surface area is 154 Å². The zero-order valence-electron chi connectivity index (χ0n) is 15.9. The highest BCUT2D eigenvalue weighted by Gasteiger charge is 2.37. The van der Waals surface area contributed by atoms with Crippen LogP contribution in [0.2, 0.25) is 0 Å². The maximum atomic E-state index is 12.4. The molecule has 0 aromatic heterocycles. The van der Waals surface area contributed by atoms with Crippen LogP contribution in [0, 0.1) is 5.41 Å². The molecular formula is C18H32N2O6. The first kappa shape index (κ1) is 22.6. The monoisotopic (exact) mass is 372 g/mol. The molecule has 0 aliphatic carbocycles. The van der Waals surface area contributed by atoms with Crippen molar-refractivity contribution in [1.29, 1.82) is 0 Å². The summed E-state index contributed by atoms with van der Waals surface area (Å²) in [6.07, 6.45) is -0.885. The molecule has 5 atom stereocenters. The number of ether oxygens (including phenoxy) is 1. The van der Waals surface area contributed by atoms with Crippen LogP contribution in [0.3, 0.4) is 0 Å². The third-order valence-corrected chi connectivity index (χ3v) is 4.17. The van der Waals surface area contributed by atoms with Crippen molar-refractivity contribution < 1.29 is 29.6 Å². The highest BCUT2D eigenvalue weighted by atomic mass is 16.5. The fourth-order valence-corrected chi connectivity index (χ4v) is 2.61. The van der Waals surface area contributed by atoms with E-state index in [4.69, 9.17) is 4.74 Å². The second-order valence-electron chi connectivity index (χ2n) is 7.70. The molecule has 1 heterocycles. The fraction of sp³-hybridized carbons (Fsp3) is 0.778. The first-order valence-electron chi connectivity index (χ1n) is 8.91. The highest BCUT2D eigenvalue weighted by molar-refractivity contribution is 5.89. The van der Waals surface area contributed by atoms with Crippen molar-refractivity contribution in [1.82, 2.24) is 10.6 Å². The summed E-state index contributed by atoms with van der Waals surface area (Å²) in [6.45, 7) is 6.32. The lowest BCUT2D eigenvalue weighted by Crippen LogP contribution is -2.55. The Kier molecular flexibility index (Phi) is 8.69. The largest absolute Gasteiger partial charge is 0.387 e. The predicted octanol–water partition coefficient (Wildman–Crippen LogP) is -0.529. The van der Waals surface area contributed by atoms with E-state index in [1.165, 1.54) is 13.2 Å². The molecule has 0 radical (unpaired) electrons. The van der Waals surface area contributed by atoms with Gasteiger partial charge in [0.05, 0.1) is 0 Å². The van der Waals surface area contributed by atoms with Gasteiger partial charge in [-0.1, -0.05) is 32.9 Å². The predicted molar refractivity (Wildman–Crippen MR) is 96.2 cm³/mol. The highest BCUT2D eigenvalue weighted by Crippen LogP contribution is 2.17. The molecule has 1 saturated heterocycles. The summed E-state index contributed by atoms with van der Waals surface area (Å²) in [5, 5.41) is 35.7. The molecule has 0 saturated carbocycles. The quantitative estimate of drug-likeness (QED) is 0.382. The Morgan fingerprint density at radius 3 is 2.50 bits per heavy atom. The van der Waals surface area contributed by atoms with E-state index >= 15 is 0 Å². The van der Waals surface area contributed by atoms with Gasteiger partial charge < -0.3 is 30.7 Å². The van der Waals surface area contributed by atoms with Crippen LogP contribution in [0.4, 0.5) is 0 Å². The summed E-state index contributed by atoms with van der Waals surface area (Å²) in [7, 11) is 1.21. The summed E-state index contributed by atoms with van der Waals surface area (Å²) in [4.78, 5) is 24.3. The third-order valence-electron chi connectivity index (χ3n) is 4.17. The van der Waals surface area contributed by atoms with Crippen molar-refractivity contribution in [2.45, 2.75) is 70.5 Å². The van der Waals surface area contributed by atoms with Gasteiger partial charge in [-0.05, 0) is 24.7 Å². The van der Waals surface area contributed by atoms with Crippen LogP contribution in [-0.4, -0.2) is 71.2 Å². The molecule has 0 unspecified atom stereocenters. The number of hydrogen-bond acceptors (Lipinski definition) is 6. The Hall–Kier alpha value is -1.48. The van der Waals surface area contributed by atoms with Crippen LogP contribution in [0.25, 0.3) is 0 Å². The smallest absolute Gasteiger partial charge is 0.252 e. The minimum atomic E-state index is -1.66. The summed E-state index contributed by atoms with van der Waals surface area (Å²) in [6, 6.07) is -0.710. The zero-order valence-corrected chi connectivity index (χ0v) is 15.9. The third kappa shape index (κ3) is 7.03. The van der Waals surface area contributed by atoms with Crippen molar-refractivity contribution in [2.75, 3.05) is 13.7 Å². The molecular weight excluding hydrogens is 340 g/mol. The SMILES string of the molecule is CO[C@@H](C(=O)N[C@@H]1CCCCNC1=O)[C@H](O)[C@@H](O)[C@H](O)/C=C/C(C)(C)C. The van der Waals surface area contributed by atoms with Gasteiger partial charge in [0, 0.05) is 13.7 Å². The van der Waals surface area contributed by atoms with Gasteiger partial charge >= 0.3 is 0 Å². The average Bonchev–Trinajstić information content (AvgIpc) is 2.76. The van der Waals surface area contributed by atoms with E-state index in [0.717, 1.165) is 12.8 Å². The molecule has 0 aromatic carbocycles. The first-order valence-corrected chi connectivity index (χ1v) is 8.91. The molecule has 0 spiro atoms. The van der Waals surface area contributed by atoms with Crippen molar-refractivity contribution in [3.8, 4) is 0 Å². The molecule has 5 N–H and O–H groups in total. The molecule has 0 aromatic rings. The maximum absolute atomic E-state index is 12.4. The van der Waals surface area contributed by atoms with Gasteiger partial charge in [-0.15, -0.1) is 0 Å². The Bertz CT molecular complexity index is 502. The number of allylic oxidation sites excluding steroid dienone is 1. The molecule has 1 aliphatic heterocycles. The van der Waals surface area contributed by atoms with Crippen LogP contribution in [0.15, 0.2) is 12.2 Å². The average molecular weight is 372 g/mol. The van der Waals surface area contributed by atoms with E-state index in [0.29, 0.717) is 13.0 Å². The summed E-state index contributed by atoms with van der Waals surface area (Å²) < 4.78 is 5.01. The number of aliphatic hydroxyl groups excluding tert-OH is 3. The van der Waals surface area contributed by atoms with Crippen molar-refractivity contribution in [2.24, 2.45) is 5.41 Å². The van der Waals surface area contributed by atoms with Gasteiger partial charge in [-0.2, -0.15) is 0 Å². The number of hydrogen-bond donors (Lipinski definition) is 5. The number of rotatable bonds is 7. The molecule has 8 nitrogen and oxygen atoms in total. The number of nitrogens with one attached hydrogen (secondary N) is 2. The fourth-order valence-electron chi connectivity index (χ4n) is 2.61. The second kappa shape index (κ2) is 10.0. The van der Waals surface area contributed by atoms with E-state index in [1.807, 2.05) is 20.8 Å². The lowest BCUT2D eigenvalue weighted by atomic mass is 9.94. The zero-order chi connectivity index (χ0) is 19.9. The van der Waals surface area contributed by atoms with E-state index in [9.17, 15) is 24.9 Å². The topological polar surface area (TPSA) is 128 Å². The minimum absolute atomic E-state index is 0.212. The number of amides is 2. The Morgan fingerprint density at radius 2 is 1.92 bits per heavy atom. The van der Waals surface area contributed by atoms with Gasteiger partial charge in [0.2, 0.25) is 5.91 Å². The summed E-state index contributed by atoms with van der Waals surface area (Å²) >= 11 is 0. The Balaban J connectivity index is 2.73. The number of carbonyl (C=O) groups excluding carboxylic acids is 2. The van der Waals surface area contributed by atoms with Gasteiger partial charge in [0.15, 0.2) is 6.10 Å². The van der Waals surface area contributed by atoms with Crippen LogP contribution >= 0.6 is 0 Å². The van der Waals surface area contributed by atoms with Crippen LogP contribution in [0.5, 0.6) is 0 Å². The molecule has 8 heteroatoms. The summed E-state index contributed by atoms with van der Waals surface area (Å²) in [5.74, 6) is -0.998. The lowest BCUT2D eigenvalue weighted by Gasteiger charge is -2.28. The lowest BCUT2D eigenvalue weighted by molar-refractivity contribution is -0.150. The van der Waals surface area contributed by atoms with E-state index in [1.54, 1.807) is 6.08 Å². The molecule has 1 fully saturated rings. The molecule has 2 amide bonds. The summed E-state index contributed by atoms with van der Waals surface area (Å²) in [5.41, 5.74) is -0.212. The van der Waals surface area contributed by atoms with Crippen molar-refractivity contribution in [3.05, 3.63) is 12.2 Å². The van der Waals surface area contributed by atoms with E-state index in [-0.39, 0.29) is 11.3 Å². The molecule has 1 rings (SSSR count). The first-order chi connectivity index (χ1) is 12.1. The minimum Gasteiger partial charge on any atom is -0.387 e. The Morgan fingerprint density at radius 1 is 1.27 bits per heavy atom. The van der Waals surface area contributed by atoms with Gasteiger partial charge in [-0.3, -0.25) is 9.59 Å². The number of methoxy groups -OCH3 is 1. The number of aliphatic hydroxyl groups is 3. The standard InChI is InChI=1S/C18H32N2O6/c1-18(2,3)9-8-12(21)13(22)14(23)15(26-4)17(25)20-11-7-5-6-10-19-16(11)24/h8-9,11-15,21-23H,5-7,10H2,1-4H3,(H,19,24)(H,20,25)/b9-8+/t11-,12-,13+,14-,15-/m1/s1. The normalized spacial score (nSPS) is 23.7. The van der Waals surface area contributed by atoms with Crippen LogP contribution < -0.4 is 10.6 Å². The van der Waals surface area contributed by atoms with Gasteiger partial charge in [0.1, 0.15) is 24.4 Å². The van der Waals surface area contributed by atoms with E-state index < -0.39 is 36.4 Å². The van der Waals surface area contributed by atoms with Crippen LogP contribution in [0.1, 0.15) is 40.0 Å². The molecule has 26 heavy (non-hydrogen) atoms. The second-order valence-corrected chi connectivity index (χ2v) is 7.70. The van der Waals surface area contributed by atoms with Crippen LogP contribution in [-0.2, 0) is 14.3 Å². The maximum Gasteiger partial charge on any atom is 0.252 e. The van der Waals surface area contributed by atoms with Crippen molar-refractivity contribution in [3.63, 3.8) is 0 Å². The molecule has 1 aliphatic rings. The molecule has 0 bridgehead atoms. The number of carbonyl (C=O) groups is 2. The van der Waals surface area contributed by atoms with E-state index in [2.05, 4.69) is 10.6 Å². The van der Waals surface area contributed by atoms with Gasteiger partial charge in [-0.25, -0.2) is 0 Å². The molecule has 150 valence electrons. The van der Waals surface area contributed by atoms with Crippen molar-refractivity contribution >= 4 is 11.8 Å². The van der Waals surface area contributed by atoms with Gasteiger partial charge in [0.25, 0.3) is 5.91 Å².